The maximum absolute atomic E-state index is 14.2. The van der Waals surface area contributed by atoms with Crippen molar-refractivity contribution in [3.63, 3.8) is 0 Å². The number of nitrogens with one attached hydrogen (secondary N) is 1. The number of halogens is 1. The molecule has 1 aromatic carbocycles. The largest absolute Gasteiger partial charge is 0.493 e. The van der Waals surface area contributed by atoms with Gasteiger partial charge in [0.2, 0.25) is 0 Å². The average molecular weight is 281 g/mol. The molecule has 1 aromatic heterocycles. The van der Waals surface area contributed by atoms with Crippen molar-refractivity contribution in [2.45, 2.75) is 6.04 Å². The van der Waals surface area contributed by atoms with E-state index in [4.69, 9.17) is 9.47 Å². The molecule has 0 aliphatic rings. The van der Waals surface area contributed by atoms with Gasteiger partial charge in [0, 0.05) is 16.5 Å². The summed E-state index contributed by atoms with van der Waals surface area (Å²) in [6.45, 7) is 0. The van der Waals surface area contributed by atoms with E-state index >= 15 is 0 Å². The lowest BCUT2D eigenvalue weighted by Gasteiger charge is -2.18. The van der Waals surface area contributed by atoms with Crippen LogP contribution in [0.15, 0.2) is 29.6 Å². The molecule has 0 spiro atoms. The van der Waals surface area contributed by atoms with Crippen LogP contribution in [0.4, 0.5) is 4.39 Å². The van der Waals surface area contributed by atoms with Crippen LogP contribution < -0.4 is 14.8 Å². The highest BCUT2D eigenvalue weighted by Gasteiger charge is 2.20. The first-order chi connectivity index (χ1) is 9.21. The van der Waals surface area contributed by atoms with Crippen molar-refractivity contribution in [1.29, 1.82) is 0 Å². The predicted molar refractivity (Wildman–Crippen MR) is 74.7 cm³/mol. The van der Waals surface area contributed by atoms with Crippen LogP contribution in [-0.2, 0) is 0 Å². The summed E-state index contributed by atoms with van der Waals surface area (Å²) in [5, 5.41) is 5.09. The van der Waals surface area contributed by atoms with Crippen molar-refractivity contribution in [3.8, 4) is 11.5 Å². The number of thiophene rings is 1. The van der Waals surface area contributed by atoms with Gasteiger partial charge in [-0.25, -0.2) is 4.39 Å². The van der Waals surface area contributed by atoms with E-state index in [-0.39, 0.29) is 11.9 Å². The Morgan fingerprint density at radius 3 is 2.42 bits per heavy atom. The summed E-state index contributed by atoms with van der Waals surface area (Å²) in [5.41, 5.74) is 0.544. The lowest BCUT2D eigenvalue weighted by atomic mass is 10.0. The second-order valence-electron chi connectivity index (χ2n) is 3.97. The Bertz CT molecular complexity index is 543. The molecule has 0 radical (unpaired) electrons. The number of hydrogen-bond donors (Lipinski definition) is 1. The third-order valence-electron chi connectivity index (χ3n) is 2.93. The number of hydrogen-bond acceptors (Lipinski definition) is 4. The quantitative estimate of drug-likeness (QED) is 0.913. The van der Waals surface area contributed by atoms with Crippen molar-refractivity contribution < 1.29 is 13.9 Å². The van der Waals surface area contributed by atoms with E-state index in [2.05, 4.69) is 5.32 Å². The topological polar surface area (TPSA) is 30.5 Å². The maximum Gasteiger partial charge on any atom is 0.163 e. The molecule has 0 aliphatic carbocycles. The van der Waals surface area contributed by atoms with Gasteiger partial charge in [-0.05, 0) is 24.6 Å². The molecule has 1 N–H and O–H groups in total. The maximum atomic E-state index is 14.2. The minimum Gasteiger partial charge on any atom is -0.493 e. The first-order valence-corrected chi connectivity index (χ1v) is 6.71. The van der Waals surface area contributed by atoms with Crippen molar-refractivity contribution in [2.24, 2.45) is 0 Å². The van der Waals surface area contributed by atoms with Gasteiger partial charge in [-0.15, -0.1) is 11.3 Å². The zero-order valence-electron chi connectivity index (χ0n) is 11.1. The van der Waals surface area contributed by atoms with Crippen LogP contribution in [0.1, 0.15) is 16.5 Å². The van der Waals surface area contributed by atoms with Gasteiger partial charge in [0.25, 0.3) is 0 Å². The Morgan fingerprint density at radius 2 is 1.89 bits per heavy atom. The molecule has 102 valence electrons. The third-order valence-corrected chi connectivity index (χ3v) is 3.87. The Balaban J connectivity index is 2.48. The number of methoxy groups -OCH3 is 2. The molecule has 19 heavy (non-hydrogen) atoms. The molecule has 2 aromatic rings. The Labute approximate surface area is 116 Å². The molecule has 2 rings (SSSR count). The van der Waals surface area contributed by atoms with E-state index in [9.17, 15) is 4.39 Å². The molecule has 0 bridgehead atoms. The first kappa shape index (κ1) is 13.8. The van der Waals surface area contributed by atoms with Gasteiger partial charge in [0.05, 0.1) is 20.3 Å². The summed E-state index contributed by atoms with van der Waals surface area (Å²) < 4.78 is 24.5. The number of rotatable bonds is 5. The lowest BCUT2D eigenvalue weighted by molar-refractivity contribution is 0.351. The number of benzene rings is 1. The van der Waals surface area contributed by atoms with Gasteiger partial charge in [0.1, 0.15) is 5.82 Å². The van der Waals surface area contributed by atoms with Gasteiger partial charge < -0.3 is 14.8 Å². The van der Waals surface area contributed by atoms with E-state index in [1.165, 1.54) is 13.2 Å². The summed E-state index contributed by atoms with van der Waals surface area (Å²) in [6, 6.07) is 6.76. The fourth-order valence-corrected chi connectivity index (χ4v) is 2.85. The van der Waals surface area contributed by atoms with Crippen LogP contribution in [0.3, 0.4) is 0 Å². The lowest BCUT2D eigenvalue weighted by Crippen LogP contribution is -2.18. The fraction of sp³-hybridized carbons (Fsp3) is 0.286. The van der Waals surface area contributed by atoms with Gasteiger partial charge in [-0.2, -0.15) is 0 Å². The Kier molecular flexibility index (Phi) is 4.39. The summed E-state index contributed by atoms with van der Waals surface area (Å²) in [6.07, 6.45) is 0. The van der Waals surface area contributed by atoms with Gasteiger partial charge in [-0.3, -0.25) is 0 Å². The first-order valence-electron chi connectivity index (χ1n) is 5.83. The third kappa shape index (κ3) is 2.72. The molecule has 0 fully saturated rings. The van der Waals surface area contributed by atoms with Crippen LogP contribution in [0.25, 0.3) is 0 Å². The molecule has 1 unspecified atom stereocenters. The van der Waals surface area contributed by atoms with Crippen molar-refractivity contribution in [3.05, 3.63) is 45.9 Å². The summed E-state index contributed by atoms with van der Waals surface area (Å²) in [4.78, 5) is 1.05. The summed E-state index contributed by atoms with van der Waals surface area (Å²) in [5.74, 6) is 0.603. The number of ether oxygens (including phenoxy) is 2. The molecule has 0 amide bonds. The van der Waals surface area contributed by atoms with Crippen LogP contribution in [0.5, 0.6) is 11.5 Å². The minimum absolute atomic E-state index is 0.195. The SMILES string of the molecule is CNC(c1cccs1)c1cc(OC)c(OC)cc1F. The molecular weight excluding hydrogens is 265 g/mol. The van der Waals surface area contributed by atoms with E-state index in [1.807, 2.05) is 17.5 Å². The molecule has 3 nitrogen and oxygen atoms in total. The van der Waals surface area contributed by atoms with E-state index in [0.29, 0.717) is 17.1 Å². The van der Waals surface area contributed by atoms with Crippen LogP contribution in [0.2, 0.25) is 0 Å². The van der Waals surface area contributed by atoms with Crippen LogP contribution in [-0.4, -0.2) is 21.3 Å². The fourth-order valence-electron chi connectivity index (χ4n) is 2.00. The zero-order chi connectivity index (χ0) is 13.8. The van der Waals surface area contributed by atoms with Crippen LogP contribution in [0, 0.1) is 5.82 Å². The van der Waals surface area contributed by atoms with E-state index in [1.54, 1.807) is 31.6 Å². The average Bonchev–Trinajstić information content (AvgIpc) is 2.94. The molecule has 0 saturated carbocycles. The normalized spacial score (nSPS) is 12.2. The van der Waals surface area contributed by atoms with Gasteiger partial charge in [-0.1, -0.05) is 6.07 Å². The van der Waals surface area contributed by atoms with Crippen LogP contribution >= 0.6 is 11.3 Å². The molecule has 1 heterocycles. The monoisotopic (exact) mass is 281 g/mol. The van der Waals surface area contributed by atoms with Gasteiger partial charge in [0.15, 0.2) is 11.5 Å². The van der Waals surface area contributed by atoms with E-state index < -0.39 is 0 Å². The van der Waals surface area contributed by atoms with Crippen molar-refractivity contribution in [1.82, 2.24) is 5.32 Å². The second kappa shape index (κ2) is 6.04. The zero-order valence-corrected chi connectivity index (χ0v) is 11.9. The highest BCUT2D eigenvalue weighted by Crippen LogP contribution is 2.35. The van der Waals surface area contributed by atoms with Crippen molar-refractivity contribution >= 4 is 11.3 Å². The van der Waals surface area contributed by atoms with Gasteiger partial charge >= 0.3 is 0 Å². The summed E-state index contributed by atoms with van der Waals surface area (Å²) >= 11 is 1.58. The molecule has 1 atom stereocenters. The highest BCUT2D eigenvalue weighted by atomic mass is 32.1. The predicted octanol–water partition coefficient (Wildman–Crippen LogP) is 3.21. The second-order valence-corrected chi connectivity index (χ2v) is 4.95. The highest BCUT2D eigenvalue weighted by molar-refractivity contribution is 7.10. The molecule has 5 heteroatoms. The Morgan fingerprint density at radius 1 is 1.21 bits per heavy atom. The Hall–Kier alpha value is -1.59. The standard InChI is InChI=1S/C14H16FNO2S/c1-16-14(13-5-4-6-19-13)9-7-11(17-2)12(18-3)8-10(9)15/h4-8,14,16H,1-3H3. The molecule has 0 aliphatic heterocycles. The molecule has 0 saturated heterocycles. The smallest absolute Gasteiger partial charge is 0.163 e. The molecular formula is C14H16FNO2S. The van der Waals surface area contributed by atoms with E-state index in [0.717, 1.165) is 4.88 Å². The van der Waals surface area contributed by atoms with Crippen molar-refractivity contribution in [2.75, 3.05) is 21.3 Å². The minimum atomic E-state index is -0.314. The summed E-state index contributed by atoms with van der Waals surface area (Å²) in [7, 11) is 4.84.